The van der Waals surface area contributed by atoms with Crippen LogP contribution in [0.1, 0.15) is 47.0 Å². The van der Waals surface area contributed by atoms with E-state index in [0.717, 1.165) is 32.5 Å². The van der Waals surface area contributed by atoms with E-state index < -0.39 is 0 Å². The molecule has 0 radical (unpaired) electrons. The number of fused-ring (bicyclic) bond motifs is 1. The smallest absolute Gasteiger partial charge is 0.225 e. The molecule has 2 rings (SSSR count). The molecule has 1 N–H and O–H groups in total. The highest BCUT2D eigenvalue weighted by atomic mass is 16.2. The summed E-state index contributed by atoms with van der Waals surface area (Å²) in [7, 11) is 0. The van der Waals surface area contributed by atoms with Crippen molar-refractivity contribution in [2.45, 2.75) is 52.5 Å². The Hall–Kier alpha value is -0.570. The van der Waals surface area contributed by atoms with Crippen molar-refractivity contribution in [3.63, 3.8) is 0 Å². The van der Waals surface area contributed by atoms with E-state index in [2.05, 4.69) is 37.9 Å². The molecule has 0 aromatic rings. The van der Waals surface area contributed by atoms with Crippen LogP contribution in [0.15, 0.2) is 0 Å². The number of carbonyl (C=O) groups is 1. The summed E-state index contributed by atoms with van der Waals surface area (Å²) in [6, 6.07) is 0. The van der Waals surface area contributed by atoms with Crippen molar-refractivity contribution < 1.29 is 4.79 Å². The van der Waals surface area contributed by atoms with Crippen molar-refractivity contribution >= 4 is 5.91 Å². The first-order valence-corrected chi connectivity index (χ1v) is 7.50. The molecule has 2 heterocycles. The van der Waals surface area contributed by atoms with Crippen LogP contribution in [0.5, 0.6) is 0 Å². The molecule has 2 saturated heterocycles. The summed E-state index contributed by atoms with van der Waals surface area (Å²) in [5.41, 5.74) is 0.0335. The molecular weight excluding hydrogens is 224 g/mol. The molecule has 0 saturated carbocycles. The van der Waals surface area contributed by atoms with E-state index in [-0.39, 0.29) is 11.5 Å². The summed E-state index contributed by atoms with van der Waals surface area (Å²) in [6.07, 6.45) is 3.38. The van der Waals surface area contributed by atoms with Gasteiger partial charge in [-0.15, -0.1) is 0 Å². The van der Waals surface area contributed by atoms with Gasteiger partial charge in [0.2, 0.25) is 5.91 Å². The molecule has 2 aliphatic heterocycles. The van der Waals surface area contributed by atoms with Gasteiger partial charge in [0.05, 0.1) is 0 Å². The number of hydrogen-bond donors (Lipinski definition) is 1. The van der Waals surface area contributed by atoms with Gasteiger partial charge in [-0.25, -0.2) is 0 Å². The number of amides is 1. The van der Waals surface area contributed by atoms with Gasteiger partial charge in [-0.3, -0.25) is 4.79 Å². The predicted octanol–water partition coefficient (Wildman–Crippen LogP) is 2.27. The molecule has 3 unspecified atom stereocenters. The lowest BCUT2D eigenvalue weighted by Gasteiger charge is -2.37. The molecule has 0 aromatic heterocycles. The summed E-state index contributed by atoms with van der Waals surface area (Å²) in [6.45, 7) is 11.9. The van der Waals surface area contributed by atoms with Gasteiger partial charge in [0.1, 0.15) is 0 Å². The van der Waals surface area contributed by atoms with E-state index >= 15 is 0 Å². The molecule has 3 nitrogen and oxygen atoms in total. The predicted molar refractivity (Wildman–Crippen MR) is 74.3 cm³/mol. The lowest BCUT2D eigenvalue weighted by atomic mass is 9.84. The standard InChI is InChI=1S/C15H28N2O/c1-5-6-7-11(2)14(18)17-10-12-8-16-9-13(12)15(17,3)4/h11-13,16H,5-10H2,1-4H3. The number of hydrogen-bond acceptors (Lipinski definition) is 2. The third kappa shape index (κ3) is 2.29. The van der Waals surface area contributed by atoms with Crippen LogP contribution >= 0.6 is 0 Å². The summed E-state index contributed by atoms with van der Waals surface area (Å²) in [5, 5.41) is 3.46. The van der Waals surface area contributed by atoms with Crippen LogP contribution in [0.4, 0.5) is 0 Å². The molecule has 3 atom stereocenters. The average molecular weight is 252 g/mol. The third-order valence-corrected chi connectivity index (χ3v) is 5.04. The molecule has 0 bridgehead atoms. The fourth-order valence-corrected chi connectivity index (χ4v) is 3.70. The average Bonchev–Trinajstić information content (AvgIpc) is 2.88. The molecule has 0 spiro atoms. The van der Waals surface area contributed by atoms with Gasteiger partial charge in [0.25, 0.3) is 0 Å². The molecule has 2 aliphatic rings. The highest BCUT2D eigenvalue weighted by Crippen LogP contribution is 2.41. The van der Waals surface area contributed by atoms with E-state index in [9.17, 15) is 4.79 Å². The van der Waals surface area contributed by atoms with Gasteiger partial charge in [-0.05, 0) is 32.1 Å². The van der Waals surface area contributed by atoms with E-state index in [1.807, 2.05) is 0 Å². The van der Waals surface area contributed by atoms with Gasteiger partial charge in [0, 0.05) is 31.1 Å². The largest absolute Gasteiger partial charge is 0.337 e. The Labute approximate surface area is 111 Å². The quantitative estimate of drug-likeness (QED) is 0.832. The first-order valence-electron chi connectivity index (χ1n) is 7.50. The minimum absolute atomic E-state index is 0.0335. The Bertz CT molecular complexity index is 314. The van der Waals surface area contributed by atoms with Crippen LogP contribution in [-0.2, 0) is 4.79 Å². The van der Waals surface area contributed by atoms with Crippen LogP contribution in [0.3, 0.4) is 0 Å². The minimum Gasteiger partial charge on any atom is -0.337 e. The number of carbonyl (C=O) groups excluding carboxylic acids is 1. The Kier molecular flexibility index (Phi) is 4.00. The molecule has 18 heavy (non-hydrogen) atoms. The van der Waals surface area contributed by atoms with Gasteiger partial charge in [-0.2, -0.15) is 0 Å². The highest BCUT2D eigenvalue weighted by Gasteiger charge is 2.51. The second-order valence-corrected chi connectivity index (χ2v) is 6.67. The van der Waals surface area contributed by atoms with Gasteiger partial charge in [0.15, 0.2) is 0 Å². The van der Waals surface area contributed by atoms with Crippen molar-refractivity contribution in [1.82, 2.24) is 10.2 Å². The zero-order valence-electron chi connectivity index (χ0n) is 12.3. The van der Waals surface area contributed by atoms with Crippen LogP contribution in [0, 0.1) is 17.8 Å². The lowest BCUT2D eigenvalue weighted by Crippen LogP contribution is -2.49. The maximum Gasteiger partial charge on any atom is 0.225 e. The third-order valence-electron chi connectivity index (χ3n) is 5.04. The van der Waals surface area contributed by atoms with Crippen molar-refractivity contribution in [2.75, 3.05) is 19.6 Å². The van der Waals surface area contributed by atoms with Crippen molar-refractivity contribution in [3.05, 3.63) is 0 Å². The summed E-state index contributed by atoms with van der Waals surface area (Å²) >= 11 is 0. The SMILES string of the molecule is CCCCC(C)C(=O)N1CC2CNCC2C1(C)C. The fraction of sp³-hybridized carbons (Fsp3) is 0.933. The molecule has 3 heteroatoms. The van der Waals surface area contributed by atoms with Crippen molar-refractivity contribution in [1.29, 1.82) is 0 Å². The topological polar surface area (TPSA) is 32.3 Å². The molecule has 2 fully saturated rings. The van der Waals surface area contributed by atoms with Crippen LogP contribution in [0.2, 0.25) is 0 Å². The van der Waals surface area contributed by atoms with Crippen molar-refractivity contribution in [2.24, 2.45) is 17.8 Å². The molecule has 104 valence electrons. The van der Waals surface area contributed by atoms with Crippen molar-refractivity contribution in [3.8, 4) is 0 Å². The van der Waals surface area contributed by atoms with Gasteiger partial charge in [-0.1, -0.05) is 26.7 Å². The Morgan fingerprint density at radius 1 is 1.44 bits per heavy atom. The first kappa shape index (κ1) is 13.9. The molecule has 0 aromatic carbocycles. The Morgan fingerprint density at radius 3 is 2.78 bits per heavy atom. The number of rotatable bonds is 4. The Morgan fingerprint density at radius 2 is 2.17 bits per heavy atom. The summed E-state index contributed by atoms with van der Waals surface area (Å²) < 4.78 is 0. The summed E-state index contributed by atoms with van der Waals surface area (Å²) in [4.78, 5) is 14.8. The second-order valence-electron chi connectivity index (χ2n) is 6.67. The number of nitrogens with zero attached hydrogens (tertiary/aromatic N) is 1. The first-order chi connectivity index (χ1) is 8.48. The van der Waals surface area contributed by atoms with Crippen LogP contribution < -0.4 is 5.32 Å². The zero-order valence-corrected chi connectivity index (χ0v) is 12.3. The fourth-order valence-electron chi connectivity index (χ4n) is 3.70. The van der Waals surface area contributed by atoms with E-state index in [1.165, 1.54) is 6.42 Å². The lowest BCUT2D eigenvalue weighted by molar-refractivity contribution is -0.139. The van der Waals surface area contributed by atoms with Gasteiger partial charge >= 0.3 is 0 Å². The monoisotopic (exact) mass is 252 g/mol. The molecule has 1 amide bonds. The Balaban J connectivity index is 2.02. The van der Waals surface area contributed by atoms with Crippen LogP contribution in [-0.4, -0.2) is 36.0 Å². The maximum atomic E-state index is 12.6. The second kappa shape index (κ2) is 5.20. The molecular formula is C15H28N2O. The number of likely N-dealkylation sites (tertiary alicyclic amines) is 1. The number of unbranched alkanes of at least 4 members (excludes halogenated alkanes) is 1. The van der Waals surface area contributed by atoms with E-state index in [0.29, 0.717) is 17.7 Å². The van der Waals surface area contributed by atoms with E-state index in [4.69, 9.17) is 0 Å². The highest BCUT2D eigenvalue weighted by molar-refractivity contribution is 5.79. The van der Waals surface area contributed by atoms with E-state index in [1.54, 1.807) is 0 Å². The van der Waals surface area contributed by atoms with Gasteiger partial charge < -0.3 is 10.2 Å². The summed E-state index contributed by atoms with van der Waals surface area (Å²) in [5.74, 6) is 1.88. The maximum absolute atomic E-state index is 12.6. The molecule has 0 aliphatic carbocycles. The zero-order chi connectivity index (χ0) is 13.3. The van der Waals surface area contributed by atoms with Crippen LogP contribution in [0.25, 0.3) is 0 Å². The normalized spacial score (nSPS) is 31.4. The number of nitrogens with one attached hydrogen (secondary N) is 1. The minimum atomic E-state index is 0.0335.